The molecule has 5 nitrogen and oxygen atoms in total. The van der Waals surface area contributed by atoms with Crippen LogP contribution in [0.25, 0.3) is 22.3 Å². The van der Waals surface area contributed by atoms with Crippen LogP contribution in [0, 0.1) is 5.82 Å². The van der Waals surface area contributed by atoms with Crippen molar-refractivity contribution >= 4 is 28.3 Å². The molecular weight excluding hydrogens is 355 g/mol. The maximum absolute atomic E-state index is 14.3. The quantitative estimate of drug-likeness (QED) is 0.731. The van der Waals surface area contributed by atoms with Crippen molar-refractivity contribution in [3.8, 4) is 17.1 Å². The van der Waals surface area contributed by atoms with Crippen molar-refractivity contribution in [2.24, 2.45) is 0 Å². The summed E-state index contributed by atoms with van der Waals surface area (Å²) in [5, 5.41) is 4.02. The summed E-state index contributed by atoms with van der Waals surface area (Å²) >= 11 is 5.85. The third-order valence-electron chi connectivity index (χ3n) is 4.48. The van der Waals surface area contributed by atoms with E-state index in [2.05, 4.69) is 15.3 Å². The fourth-order valence-electron chi connectivity index (χ4n) is 3.11. The Morgan fingerprint density at radius 1 is 1.15 bits per heavy atom. The lowest BCUT2D eigenvalue weighted by molar-refractivity contribution is 0.162. The summed E-state index contributed by atoms with van der Waals surface area (Å²) in [5.74, 6) is 0.669. The number of benzene rings is 2. The topological polar surface area (TPSA) is 73.1 Å². The van der Waals surface area contributed by atoms with Crippen LogP contribution in [0.3, 0.4) is 0 Å². The number of halogens is 2. The van der Waals surface area contributed by atoms with E-state index < -0.39 is 5.82 Å². The molecule has 2 heterocycles. The van der Waals surface area contributed by atoms with Crippen LogP contribution < -0.4 is 15.8 Å². The van der Waals surface area contributed by atoms with Crippen LogP contribution in [0.5, 0.6) is 5.75 Å². The van der Waals surface area contributed by atoms with Crippen molar-refractivity contribution < 1.29 is 9.13 Å². The molecule has 0 bridgehead atoms. The van der Waals surface area contributed by atoms with E-state index in [0.29, 0.717) is 10.9 Å². The monoisotopic (exact) mass is 372 g/mol. The number of hydrogen-bond acceptors (Lipinski definition) is 5. The van der Waals surface area contributed by atoms with Crippen LogP contribution in [0.2, 0.25) is 5.02 Å². The molecule has 26 heavy (non-hydrogen) atoms. The van der Waals surface area contributed by atoms with Crippen LogP contribution in [-0.4, -0.2) is 29.2 Å². The fraction of sp³-hybridized carbons (Fsp3) is 0.263. The second-order valence-corrected chi connectivity index (χ2v) is 6.69. The highest BCUT2D eigenvalue weighted by atomic mass is 35.5. The smallest absolute Gasteiger partial charge is 0.165 e. The first-order chi connectivity index (χ1) is 12.6. The molecule has 0 radical (unpaired) electrons. The summed E-state index contributed by atoms with van der Waals surface area (Å²) in [4.78, 5) is 8.70. The summed E-state index contributed by atoms with van der Waals surface area (Å²) in [6, 6.07) is 10.2. The van der Waals surface area contributed by atoms with Gasteiger partial charge in [0, 0.05) is 5.39 Å². The number of nitrogens with zero attached hydrogens (tertiary/aromatic N) is 2. The van der Waals surface area contributed by atoms with Crippen molar-refractivity contribution in [1.29, 1.82) is 0 Å². The molecule has 1 aliphatic heterocycles. The van der Waals surface area contributed by atoms with E-state index in [9.17, 15) is 4.39 Å². The summed E-state index contributed by atoms with van der Waals surface area (Å²) < 4.78 is 20.3. The Morgan fingerprint density at radius 3 is 2.77 bits per heavy atom. The molecule has 7 heteroatoms. The van der Waals surface area contributed by atoms with E-state index in [4.69, 9.17) is 22.1 Å². The summed E-state index contributed by atoms with van der Waals surface area (Å²) in [7, 11) is 0. The molecule has 0 unspecified atom stereocenters. The average molecular weight is 373 g/mol. The normalized spacial score (nSPS) is 15.3. The van der Waals surface area contributed by atoms with Crippen molar-refractivity contribution in [2.45, 2.75) is 18.9 Å². The van der Waals surface area contributed by atoms with Gasteiger partial charge in [0.1, 0.15) is 17.7 Å². The molecule has 0 amide bonds. The number of nitrogens with one attached hydrogen (secondary N) is 1. The van der Waals surface area contributed by atoms with Gasteiger partial charge >= 0.3 is 0 Å². The number of piperidine rings is 1. The molecule has 4 rings (SSSR count). The van der Waals surface area contributed by atoms with Gasteiger partial charge in [0.25, 0.3) is 0 Å². The third kappa shape index (κ3) is 3.30. The van der Waals surface area contributed by atoms with Crippen LogP contribution in [0.15, 0.2) is 36.4 Å². The van der Waals surface area contributed by atoms with Gasteiger partial charge in [0.15, 0.2) is 11.6 Å². The molecule has 0 saturated carbocycles. The zero-order chi connectivity index (χ0) is 18.1. The van der Waals surface area contributed by atoms with E-state index in [-0.39, 0.29) is 28.3 Å². The molecule has 134 valence electrons. The Bertz CT molecular complexity index is 960. The number of anilines is 1. The van der Waals surface area contributed by atoms with E-state index in [0.717, 1.165) is 31.7 Å². The predicted molar refractivity (Wildman–Crippen MR) is 101 cm³/mol. The molecule has 0 spiro atoms. The Kier molecular flexibility index (Phi) is 4.61. The lowest BCUT2D eigenvalue weighted by atomic mass is 10.1. The van der Waals surface area contributed by atoms with Gasteiger partial charge in [-0.05, 0) is 56.3 Å². The average Bonchev–Trinajstić information content (AvgIpc) is 2.65. The first-order valence-corrected chi connectivity index (χ1v) is 8.88. The molecule has 1 fully saturated rings. The Balaban J connectivity index is 1.69. The summed E-state index contributed by atoms with van der Waals surface area (Å²) in [6.45, 7) is 1.91. The highest BCUT2D eigenvalue weighted by Gasteiger charge is 2.16. The van der Waals surface area contributed by atoms with Gasteiger partial charge in [-0.25, -0.2) is 14.4 Å². The largest absolute Gasteiger partial charge is 0.490 e. The van der Waals surface area contributed by atoms with Crippen molar-refractivity contribution in [3.63, 3.8) is 0 Å². The molecular formula is C19H18ClFN4O. The van der Waals surface area contributed by atoms with Gasteiger partial charge < -0.3 is 15.8 Å². The van der Waals surface area contributed by atoms with Crippen LogP contribution in [0.1, 0.15) is 12.8 Å². The number of nitrogen functional groups attached to an aromatic ring is 1. The zero-order valence-electron chi connectivity index (χ0n) is 14.0. The number of ether oxygens (including phenoxy) is 1. The highest BCUT2D eigenvalue weighted by molar-refractivity contribution is 6.31. The van der Waals surface area contributed by atoms with Crippen molar-refractivity contribution in [1.82, 2.24) is 15.3 Å². The van der Waals surface area contributed by atoms with E-state index >= 15 is 0 Å². The molecule has 0 atom stereocenters. The van der Waals surface area contributed by atoms with Gasteiger partial charge in [-0.3, -0.25) is 0 Å². The minimum absolute atomic E-state index is 0.0236. The second-order valence-electron chi connectivity index (χ2n) is 6.28. The standard InChI is InChI=1S/C19H18ClFN4O/c20-15-3-1-2-13(17(15)21)19-24-16-5-4-12(10-14(16)18(22)25-19)26-11-6-8-23-9-7-11/h1-5,10-11,23H,6-9H2,(H2,22,24,25). The highest BCUT2D eigenvalue weighted by Crippen LogP contribution is 2.30. The first kappa shape index (κ1) is 17.0. The van der Waals surface area contributed by atoms with Gasteiger partial charge in [-0.15, -0.1) is 0 Å². The molecule has 1 saturated heterocycles. The molecule has 1 aliphatic rings. The van der Waals surface area contributed by atoms with E-state index in [1.807, 2.05) is 18.2 Å². The van der Waals surface area contributed by atoms with Gasteiger partial charge in [0.05, 0.1) is 16.1 Å². The van der Waals surface area contributed by atoms with E-state index in [1.165, 1.54) is 6.07 Å². The minimum atomic E-state index is -0.557. The minimum Gasteiger partial charge on any atom is -0.490 e. The third-order valence-corrected chi connectivity index (χ3v) is 4.77. The number of hydrogen-bond donors (Lipinski definition) is 2. The van der Waals surface area contributed by atoms with Crippen molar-refractivity contribution in [3.05, 3.63) is 47.2 Å². The van der Waals surface area contributed by atoms with Gasteiger partial charge in [-0.2, -0.15) is 0 Å². The maximum Gasteiger partial charge on any atom is 0.165 e. The van der Waals surface area contributed by atoms with Gasteiger partial charge in [0.2, 0.25) is 0 Å². The lowest BCUT2D eigenvalue weighted by Gasteiger charge is -2.24. The van der Waals surface area contributed by atoms with Gasteiger partial charge in [-0.1, -0.05) is 17.7 Å². The van der Waals surface area contributed by atoms with E-state index in [1.54, 1.807) is 12.1 Å². The maximum atomic E-state index is 14.3. The van der Waals surface area contributed by atoms with Crippen LogP contribution in [-0.2, 0) is 0 Å². The Hall–Kier alpha value is -2.44. The molecule has 3 aromatic rings. The number of rotatable bonds is 3. The Morgan fingerprint density at radius 2 is 1.96 bits per heavy atom. The second kappa shape index (κ2) is 7.05. The number of fused-ring (bicyclic) bond motifs is 1. The molecule has 2 aromatic carbocycles. The summed E-state index contributed by atoms with van der Waals surface area (Å²) in [6.07, 6.45) is 2.13. The first-order valence-electron chi connectivity index (χ1n) is 8.51. The summed E-state index contributed by atoms with van der Waals surface area (Å²) in [5.41, 5.74) is 6.96. The SMILES string of the molecule is Nc1nc(-c2cccc(Cl)c2F)nc2ccc(OC3CCNCC3)cc12. The fourth-order valence-corrected chi connectivity index (χ4v) is 3.28. The zero-order valence-corrected chi connectivity index (χ0v) is 14.8. The van der Waals surface area contributed by atoms with Crippen molar-refractivity contribution in [2.75, 3.05) is 18.8 Å². The van der Waals surface area contributed by atoms with Crippen LogP contribution >= 0.6 is 11.6 Å². The lowest BCUT2D eigenvalue weighted by Crippen LogP contribution is -2.34. The van der Waals surface area contributed by atoms with Crippen LogP contribution in [0.4, 0.5) is 10.2 Å². The molecule has 0 aliphatic carbocycles. The number of nitrogens with two attached hydrogens (primary N) is 1. The molecule has 1 aromatic heterocycles. The number of aromatic nitrogens is 2. The Labute approximate surface area is 155 Å². The molecule has 3 N–H and O–H groups in total. The predicted octanol–water partition coefficient (Wildman–Crippen LogP) is 3.80.